The lowest BCUT2D eigenvalue weighted by Gasteiger charge is -2.26. The first-order valence-corrected chi connectivity index (χ1v) is 12.7. The minimum Gasteiger partial charge on any atom is -0.326 e. The summed E-state index contributed by atoms with van der Waals surface area (Å²) in [5.41, 5.74) is 2.99. The molecular formula is C24H31N3O3S. The summed E-state index contributed by atoms with van der Waals surface area (Å²) in [5, 5.41) is 2.99. The molecule has 1 heterocycles. The van der Waals surface area contributed by atoms with Crippen molar-refractivity contribution in [3.63, 3.8) is 0 Å². The van der Waals surface area contributed by atoms with Crippen LogP contribution in [-0.4, -0.2) is 38.4 Å². The summed E-state index contributed by atoms with van der Waals surface area (Å²) >= 11 is 0. The van der Waals surface area contributed by atoms with Crippen LogP contribution in [-0.2, 0) is 27.8 Å². The van der Waals surface area contributed by atoms with Crippen LogP contribution in [0.1, 0.15) is 49.7 Å². The van der Waals surface area contributed by atoms with E-state index in [1.54, 1.807) is 24.3 Å². The zero-order valence-corrected chi connectivity index (χ0v) is 18.7. The molecule has 0 aromatic heterocycles. The molecule has 4 rings (SSSR count). The number of nitrogens with zero attached hydrogens (tertiary/aromatic N) is 1. The van der Waals surface area contributed by atoms with Crippen molar-refractivity contribution in [1.29, 1.82) is 0 Å². The van der Waals surface area contributed by atoms with Crippen LogP contribution < -0.4 is 10.0 Å². The van der Waals surface area contributed by atoms with Gasteiger partial charge in [0.05, 0.1) is 4.90 Å². The maximum atomic E-state index is 12.4. The summed E-state index contributed by atoms with van der Waals surface area (Å²) in [5.74, 6) is -0.0396. The lowest BCUT2D eigenvalue weighted by atomic mass is 10.1. The first-order valence-electron chi connectivity index (χ1n) is 11.2. The molecule has 2 fully saturated rings. The van der Waals surface area contributed by atoms with Crippen LogP contribution in [0.15, 0.2) is 53.4 Å². The highest BCUT2D eigenvalue weighted by atomic mass is 32.2. The maximum absolute atomic E-state index is 12.4. The van der Waals surface area contributed by atoms with Crippen molar-refractivity contribution >= 4 is 21.6 Å². The van der Waals surface area contributed by atoms with Crippen molar-refractivity contribution in [3.8, 4) is 0 Å². The highest BCUT2D eigenvalue weighted by Crippen LogP contribution is 2.22. The van der Waals surface area contributed by atoms with Gasteiger partial charge in [0.25, 0.3) is 0 Å². The highest BCUT2D eigenvalue weighted by Gasteiger charge is 2.27. The molecule has 7 heteroatoms. The van der Waals surface area contributed by atoms with Gasteiger partial charge in [-0.2, -0.15) is 0 Å². The molecule has 0 spiro atoms. The number of rotatable bonds is 9. The fourth-order valence-electron chi connectivity index (χ4n) is 3.93. The fraction of sp³-hybridized carbons (Fsp3) is 0.458. The monoisotopic (exact) mass is 441 g/mol. The van der Waals surface area contributed by atoms with Crippen LogP contribution in [0.3, 0.4) is 0 Å². The number of nitrogens with one attached hydrogen (secondary N) is 2. The predicted octanol–water partition coefficient (Wildman–Crippen LogP) is 3.68. The van der Waals surface area contributed by atoms with E-state index in [2.05, 4.69) is 27.1 Å². The lowest BCUT2D eigenvalue weighted by Crippen LogP contribution is -2.29. The number of benzene rings is 2. The number of carbonyl (C=O) groups excluding carboxylic acids is 1. The Morgan fingerprint density at radius 2 is 1.71 bits per heavy atom. The van der Waals surface area contributed by atoms with Gasteiger partial charge in [-0.15, -0.1) is 0 Å². The number of amides is 1. The van der Waals surface area contributed by atoms with Gasteiger partial charge in [0.15, 0.2) is 0 Å². The summed E-state index contributed by atoms with van der Waals surface area (Å²) < 4.78 is 27.2. The third-order valence-corrected chi connectivity index (χ3v) is 7.38. The van der Waals surface area contributed by atoms with Crippen molar-refractivity contribution in [1.82, 2.24) is 9.62 Å². The molecule has 31 heavy (non-hydrogen) atoms. The van der Waals surface area contributed by atoms with Crippen molar-refractivity contribution in [3.05, 3.63) is 59.7 Å². The molecule has 1 aliphatic heterocycles. The average Bonchev–Trinajstić information content (AvgIpc) is 3.57. The number of hydrogen-bond acceptors (Lipinski definition) is 4. The molecule has 1 saturated heterocycles. The number of sulfonamides is 1. The number of carbonyl (C=O) groups is 1. The van der Waals surface area contributed by atoms with E-state index in [4.69, 9.17) is 0 Å². The zero-order chi connectivity index (χ0) is 21.7. The molecule has 6 nitrogen and oxygen atoms in total. The predicted molar refractivity (Wildman–Crippen MR) is 122 cm³/mol. The molecule has 0 radical (unpaired) electrons. The zero-order valence-electron chi connectivity index (χ0n) is 17.8. The molecule has 1 saturated carbocycles. The second-order valence-electron chi connectivity index (χ2n) is 8.62. The molecule has 0 bridgehead atoms. The third kappa shape index (κ3) is 6.63. The number of anilines is 1. The number of hydrogen-bond donors (Lipinski definition) is 2. The van der Waals surface area contributed by atoms with Gasteiger partial charge in [-0.1, -0.05) is 30.7 Å². The molecule has 1 aliphatic carbocycles. The van der Waals surface area contributed by atoms with E-state index in [1.165, 1.54) is 24.8 Å². The summed E-state index contributed by atoms with van der Waals surface area (Å²) in [6, 6.07) is 15.0. The standard InChI is InChI=1S/C24H31N3O3S/c28-24(25-22-6-4-5-20(17-22)18-27-15-2-1-3-16-27)14-9-19-7-12-23(13-8-19)31(29,30)26-21-10-11-21/h4-8,12-13,17,21,26H,1-3,9-11,14-16,18H2,(H,25,28). The molecule has 2 aromatic rings. The lowest BCUT2D eigenvalue weighted by molar-refractivity contribution is -0.116. The van der Waals surface area contributed by atoms with Crippen molar-refractivity contribution < 1.29 is 13.2 Å². The largest absolute Gasteiger partial charge is 0.326 e. The summed E-state index contributed by atoms with van der Waals surface area (Å²) in [4.78, 5) is 15.2. The Morgan fingerprint density at radius 1 is 0.968 bits per heavy atom. The van der Waals surface area contributed by atoms with Gasteiger partial charge >= 0.3 is 0 Å². The maximum Gasteiger partial charge on any atom is 0.240 e. The highest BCUT2D eigenvalue weighted by molar-refractivity contribution is 7.89. The summed E-state index contributed by atoms with van der Waals surface area (Å²) in [6.07, 6.45) is 6.59. The van der Waals surface area contributed by atoms with E-state index in [0.29, 0.717) is 12.8 Å². The SMILES string of the molecule is O=C(CCc1ccc(S(=O)(=O)NC2CC2)cc1)Nc1cccc(CN2CCCCC2)c1. The van der Waals surface area contributed by atoms with Crippen molar-refractivity contribution in [2.45, 2.75) is 62.4 Å². The van der Waals surface area contributed by atoms with E-state index in [0.717, 1.165) is 43.7 Å². The van der Waals surface area contributed by atoms with E-state index < -0.39 is 10.0 Å². The van der Waals surface area contributed by atoms with Gasteiger partial charge in [-0.3, -0.25) is 9.69 Å². The van der Waals surface area contributed by atoms with Crippen LogP contribution in [0.25, 0.3) is 0 Å². The van der Waals surface area contributed by atoms with Gasteiger partial charge < -0.3 is 5.32 Å². The molecular weight excluding hydrogens is 410 g/mol. The summed E-state index contributed by atoms with van der Waals surface area (Å²) in [7, 11) is -3.43. The van der Waals surface area contributed by atoms with E-state index in [9.17, 15) is 13.2 Å². The van der Waals surface area contributed by atoms with Gasteiger partial charge in [-0.25, -0.2) is 13.1 Å². The van der Waals surface area contributed by atoms with Crippen molar-refractivity contribution in [2.75, 3.05) is 18.4 Å². The minimum absolute atomic E-state index is 0.0396. The van der Waals surface area contributed by atoms with Crippen LogP contribution in [0.5, 0.6) is 0 Å². The van der Waals surface area contributed by atoms with Gasteiger partial charge in [0, 0.05) is 24.7 Å². The van der Waals surface area contributed by atoms with E-state index >= 15 is 0 Å². The smallest absolute Gasteiger partial charge is 0.240 e. The first-order chi connectivity index (χ1) is 15.0. The Hall–Kier alpha value is -2.22. The second-order valence-corrected chi connectivity index (χ2v) is 10.3. The number of piperidine rings is 1. The normalized spacial score (nSPS) is 17.4. The Bertz CT molecular complexity index is 995. The fourth-order valence-corrected chi connectivity index (χ4v) is 5.23. The third-order valence-electron chi connectivity index (χ3n) is 5.84. The van der Waals surface area contributed by atoms with Crippen LogP contribution in [0.2, 0.25) is 0 Å². The van der Waals surface area contributed by atoms with Crippen molar-refractivity contribution in [2.24, 2.45) is 0 Å². The van der Waals surface area contributed by atoms with E-state index in [-0.39, 0.29) is 16.8 Å². The quantitative estimate of drug-likeness (QED) is 0.622. The van der Waals surface area contributed by atoms with Crippen LogP contribution in [0.4, 0.5) is 5.69 Å². The van der Waals surface area contributed by atoms with Gasteiger partial charge in [0.2, 0.25) is 15.9 Å². The molecule has 0 unspecified atom stereocenters. The van der Waals surface area contributed by atoms with Gasteiger partial charge in [-0.05, 0) is 80.6 Å². The van der Waals surface area contributed by atoms with Crippen LogP contribution >= 0.6 is 0 Å². The van der Waals surface area contributed by atoms with E-state index in [1.807, 2.05) is 12.1 Å². The topological polar surface area (TPSA) is 78.5 Å². The summed E-state index contributed by atoms with van der Waals surface area (Å²) in [6.45, 7) is 3.22. The molecule has 2 aromatic carbocycles. The Labute approximate surface area is 185 Å². The Kier molecular flexibility index (Phi) is 7.05. The van der Waals surface area contributed by atoms with Crippen LogP contribution in [0, 0.1) is 0 Å². The molecule has 2 N–H and O–H groups in total. The van der Waals surface area contributed by atoms with Gasteiger partial charge in [0.1, 0.15) is 0 Å². The average molecular weight is 442 g/mol. The molecule has 166 valence electrons. The molecule has 1 amide bonds. The molecule has 0 atom stereocenters. The minimum atomic E-state index is -3.43. The Balaban J connectivity index is 1.26. The second kappa shape index (κ2) is 9.94. The molecule has 2 aliphatic rings. The Morgan fingerprint density at radius 3 is 2.42 bits per heavy atom. The number of likely N-dealkylation sites (tertiary alicyclic amines) is 1. The first kappa shape index (κ1) is 22.0. The number of aryl methyl sites for hydroxylation is 1.